The van der Waals surface area contributed by atoms with Gasteiger partial charge in [0, 0.05) is 24.3 Å². The molecule has 1 aliphatic rings. The normalized spacial score (nSPS) is 14.5. The maximum Gasteiger partial charge on any atom is 0.203 e. The Bertz CT molecular complexity index is 809. The van der Waals surface area contributed by atoms with Crippen LogP contribution in [0.2, 0.25) is 0 Å². The summed E-state index contributed by atoms with van der Waals surface area (Å²) in [4.78, 5) is 14.8. The van der Waals surface area contributed by atoms with Crippen LogP contribution in [0.25, 0.3) is 6.08 Å². The van der Waals surface area contributed by atoms with Gasteiger partial charge in [-0.3, -0.25) is 4.79 Å². The van der Waals surface area contributed by atoms with Crippen LogP contribution >= 0.6 is 0 Å². The lowest BCUT2D eigenvalue weighted by Crippen LogP contribution is -2.17. The average Bonchev–Trinajstić information content (AvgIpc) is 3.15. The Labute approximate surface area is 142 Å². The fourth-order valence-corrected chi connectivity index (χ4v) is 3.04. The number of aryl methyl sites for hydroxylation is 1. The summed E-state index contributed by atoms with van der Waals surface area (Å²) >= 11 is 0. The third-order valence-corrected chi connectivity index (χ3v) is 4.43. The molecule has 1 saturated heterocycles. The molecule has 1 aliphatic heterocycles. The van der Waals surface area contributed by atoms with E-state index in [9.17, 15) is 10.1 Å². The van der Waals surface area contributed by atoms with Crippen molar-refractivity contribution in [3.8, 4) is 6.07 Å². The number of nitrogens with zero attached hydrogens (tertiary/aromatic N) is 2. The Hall–Kier alpha value is -2.86. The van der Waals surface area contributed by atoms with Crippen LogP contribution in [0.3, 0.4) is 0 Å². The number of Topliss-reactive ketones (excluding diaryl/α,β-unsaturated/α-hetero) is 1. The predicted molar refractivity (Wildman–Crippen MR) is 97.0 cm³/mol. The molecule has 120 valence electrons. The summed E-state index contributed by atoms with van der Waals surface area (Å²) in [5.74, 6) is -0.235. The monoisotopic (exact) mass is 316 g/mol. The van der Waals surface area contributed by atoms with Crippen LogP contribution < -0.4 is 4.90 Å². The fourth-order valence-electron chi connectivity index (χ4n) is 3.04. The van der Waals surface area contributed by atoms with Gasteiger partial charge in [0.2, 0.25) is 5.78 Å². The molecule has 1 heterocycles. The maximum atomic E-state index is 12.5. The minimum absolute atomic E-state index is 0.165. The number of hydrogen-bond donors (Lipinski definition) is 0. The van der Waals surface area contributed by atoms with Crippen molar-refractivity contribution in [2.45, 2.75) is 19.8 Å². The molecule has 0 amide bonds. The van der Waals surface area contributed by atoms with Gasteiger partial charge in [0.05, 0.1) is 0 Å². The van der Waals surface area contributed by atoms with Crippen LogP contribution in [-0.4, -0.2) is 18.9 Å². The lowest BCUT2D eigenvalue weighted by molar-refractivity contribution is 0.104. The van der Waals surface area contributed by atoms with Gasteiger partial charge in [-0.05, 0) is 49.1 Å². The maximum absolute atomic E-state index is 12.5. The summed E-state index contributed by atoms with van der Waals surface area (Å²) in [6, 6.07) is 17.2. The quantitative estimate of drug-likeness (QED) is 0.477. The molecular formula is C21H20N2O. The van der Waals surface area contributed by atoms with Gasteiger partial charge in [0.1, 0.15) is 11.6 Å². The lowest BCUT2D eigenvalue weighted by atomic mass is 9.99. The Morgan fingerprint density at radius 1 is 1.12 bits per heavy atom. The van der Waals surface area contributed by atoms with Gasteiger partial charge < -0.3 is 4.90 Å². The van der Waals surface area contributed by atoms with E-state index in [-0.39, 0.29) is 11.4 Å². The molecular weight excluding hydrogens is 296 g/mol. The zero-order valence-electron chi connectivity index (χ0n) is 13.8. The molecule has 2 aromatic carbocycles. The highest BCUT2D eigenvalue weighted by Crippen LogP contribution is 2.24. The third-order valence-electron chi connectivity index (χ3n) is 4.43. The number of carbonyl (C=O) groups is 1. The largest absolute Gasteiger partial charge is 0.372 e. The summed E-state index contributed by atoms with van der Waals surface area (Å²) in [6.07, 6.45) is 4.17. The van der Waals surface area contributed by atoms with Crippen LogP contribution in [0, 0.1) is 18.3 Å². The van der Waals surface area contributed by atoms with Gasteiger partial charge in [0.15, 0.2) is 0 Å². The number of benzene rings is 2. The molecule has 2 aromatic rings. The zero-order chi connectivity index (χ0) is 16.9. The van der Waals surface area contributed by atoms with Crippen LogP contribution in [0.15, 0.2) is 54.1 Å². The summed E-state index contributed by atoms with van der Waals surface area (Å²) < 4.78 is 0. The molecule has 0 unspecified atom stereocenters. The molecule has 0 atom stereocenters. The summed E-state index contributed by atoms with van der Waals surface area (Å²) in [5, 5.41) is 9.39. The molecule has 24 heavy (non-hydrogen) atoms. The van der Waals surface area contributed by atoms with E-state index >= 15 is 0 Å². The first-order valence-electron chi connectivity index (χ1n) is 8.26. The highest BCUT2D eigenvalue weighted by Gasteiger charge is 2.14. The Morgan fingerprint density at radius 3 is 2.46 bits per heavy atom. The molecule has 0 aromatic heterocycles. The van der Waals surface area contributed by atoms with Gasteiger partial charge in [-0.1, -0.05) is 36.4 Å². The van der Waals surface area contributed by atoms with Gasteiger partial charge in [-0.2, -0.15) is 5.26 Å². The van der Waals surface area contributed by atoms with Crippen LogP contribution in [0.5, 0.6) is 0 Å². The van der Waals surface area contributed by atoms with Gasteiger partial charge in [-0.25, -0.2) is 0 Å². The molecule has 0 spiro atoms. The van der Waals surface area contributed by atoms with Crippen molar-refractivity contribution >= 4 is 17.5 Å². The number of carbonyl (C=O) groups excluding carboxylic acids is 1. The first-order valence-corrected chi connectivity index (χ1v) is 8.26. The second-order valence-electron chi connectivity index (χ2n) is 6.10. The minimum atomic E-state index is -0.235. The van der Waals surface area contributed by atoms with Crippen molar-refractivity contribution in [2.24, 2.45) is 0 Å². The molecule has 0 N–H and O–H groups in total. The fraction of sp³-hybridized carbons (Fsp3) is 0.238. The predicted octanol–water partition coefficient (Wildman–Crippen LogP) is 4.39. The standard InChI is InChI=1S/C21H20N2O/c1-16-13-20(23-11-5-6-12-23)10-9-18(16)14-19(15-22)21(24)17-7-3-2-4-8-17/h2-4,7-10,13-14H,5-6,11-12H2,1H3/b19-14-. The van der Waals surface area contributed by atoms with Crippen molar-refractivity contribution in [2.75, 3.05) is 18.0 Å². The van der Waals surface area contributed by atoms with Gasteiger partial charge in [0.25, 0.3) is 0 Å². The topological polar surface area (TPSA) is 44.1 Å². The van der Waals surface area contributed by atoms with Crippen LogP contribution in [-0.2, 0) is 0 Å². The van der Waals surface area contributed by atoms with E-state index in [2.05, 4.69) is 17.0 Å². The van der Waals surface area contributed by atoms with E-state index in [1.54, 1.807) is 30.3 Å². The van der Waals surface area contributed by atoms with Crippen LogP contribution in [0.4, 0.5) is 5.69 Å². The Morgan fingerprint density at radius 2 is 1.83 bits per heavy atom. The number of nitriles is 1. The van der Waals surface area contributed by atoms with E-state index in [0.29, 0.717) is 5.56 Å². The SMILES string of the molecule is Cc1cc(N2CCCC2)ccc1/C=C(/C#N)C(=O)c1ccccc1. The molecule has 0 radical (unpaired) electrons. The molecule has 0 bridgehead atoms. The molecule has 3 heteroatoms. The number of rotatable bonds is 4. The van der Waals surface area contributed by atoms with Gasteiger partial charge >= 0.3 is 0 Å². The smallest absolute Gasteiger partial charge is 0.203 e. The molecule has 3 nitrogen and oxygen atoms in total. The highest BCUT2D eigenvalue weighted by molar-refractivity contribution is 6.14. The van der Waals surface area contributed by atoms with Crippen molar-refractivity contribution in [1.82, 2.24) is 0 Å². The first-order chi connectivity index (χ1) is 11.7. The summed E-state index contributed by atoms with van der Waals surface area (Å²) in [7, 11) is 0. The van der Waals surface area contributed by atoms with E-state index in [0.717, 1.165) is 24.2 Å². The number of allylic oxidation sites excluding steroid dienone is 1. The lowest BCUT2D eigenvalue weighted by Gasteiger charge is -2.18. The third kappa shape index (κ3) is 3.38. The summed E-state index contributed by atoms with van der Waals surface area (Å²) in [6.45, 7) is 4.22. The Kier molecular flexibility index (Phi) is 4.77. The first kappa shape index (κ1) is 16.0. The summed E-state index contributed by atoms with van der Waals surface area (Å²) in [5.41, 5.74) is 3.91. The van der Waals surface area contributed by atoms with Crippen molar-refractivity contribution in [1.29, 1.82) is 5.26 Å². The average molecular weight is 316 g/mol. The van der Waals surface area contributed by atoms with Crippen molar-refractivity contribution < 1.29 is 4.79 Å². The molecule has 1 fully saturated rings. The molecule has 0 saturated carbocycles. The van der Waals surface area contributed by atoms with E-state index in [1.165, 1.54) is 18.5 Å². The number of ketones is 1. The van der Waals surface area contributed by atoms with E-state index in [4.69, 9.17) is 0 Å². The van der Waals surface area contributed by atoms with E-state index in [1.807, 2.05) is 25.1 Å². The molecule has 0 aliphatic carbocycles. The highest BCUT2D eigenvalue weighted by atomic mass is 16.1. The van der Waals surface area contributed by atoms with E-state index < -0.39 is 0 Å². The number of hydrogen-bond acceptors (Lipinski definition) is 3. The molecule has 3 rings (SSSR count). The zero-order valence-corrected chi connectivity index (χ0v) is 13.8. The van der Waals surface area contributed by atoms with Gasteiger partial charge in [-0.15, -0.1) is 0 Å². The van der Waals surface area contributed by atoms with Crippen molar-refractivity contribution in [3.05, 3.63) is 70.8 Å². The van der Waals surface area contributed by atoms with Crippen LogP contribution in [0.1, 0.15) is 34.3 Å². The minimum Gasteiger partial charge on any atom is -0.372 e. The van der Waals surface area contributed by atoms with Crippen molar-refractivity contribution in [3.63, 3.8) is 0 Å². The Balaban J connectivity index is 1.88. The second-order valence-corrected chi connectivity index (χ2v) is 6.10. The number of anilines is 1. The second kappa shape index (κ2) is 7.14.